The standard InChI is InChI=1S/C21H27N7O.2ClH/c1-2-27-20(29)28(24-23-27)16-15-25-12-8-21(9-13-25)18-6-4-3-5-17(18)7-11-26-14-10-22-19(21)26;;/h3-6,10,14H,2,7-9,11-13,15-16H2,1H3;2*1H. The molecule has 2 aliphatic rings. The minimum Gasteiger partial charge on any atom is -0.334 e. The number of tetrazole rings is 1. The average Bonchev–Trinajstić information content (AvgIpc) is 3.35. The minimum absolute atomic E-state index is 0. The van der Waals surface area contributed by atoms with Gasteiger partial charge in [0, 0.05) is 32.0 Å². The van der Waals surface area contributed by atoms with E-state index in [1.54, 1.807) is 0 Å². The van der Waals surface area contributed by atoms with Gasteiger partial charge in [-0.1, -0.05) is 24.3 Å². The van der Waals surface area contributed by atoms with E-state index in [0.29, 0.717) is 13.1 Å². The minimum atomic E-state index is -0.124. The van der Waals surface area contributed by atoms with Gasteiger partial charge < -0.3 is 9.47 Å². The van der Waals surface area contributed by atoms with Crippen molar-refractivity contribution in [3.05, 3.63) is 64.1 Å². The molecule has 0 amide bonds. The highest BCUT2D eigenvalue weighted by Crippen LogP contribution is 2.44. The fourth-order valence-corrected chi connectivity index (χ4v) is 5.01. The Morgan fingerprint density at radius 1 is 1.00 bits per heavy atom. The predicted octanol–water partition coefficient (Wildman–Crippen LogP) is 2.14. The predicted molar refractivity (Wildman–Crippen MR) is 123 cm³/mol. The van der Waals surface area contributed by atoms with Gasteiger partial charge in [0.05, 0.1) is 12.0 Å². The Labute approximate surface area is 194 Å². The van der Waals surface area contributed by atoms with Gasteiger partial charge in [-0.2, -0.15) is 9.36 Å². The van der Waals surface area contributed by atoms with Gasteiger partial charge in [-0.05, 0) is 60.8 Å². The average molecular weight is 466 g/mol. The summed E-state index contributed by atoms with van der Waals surface area (Å²) in [6, 6.07) is 8.89. The van der Waals surface area contributed by atoms with E-state index in [1.165, 1.54) is 26.3 Å². The fourth-order valence-electron chi connectivity index (χ4n) is 5.01. The van der Waals surface area contributed by atoms with Gasteiger partial charge in [0.15, 0.2) is 0 Å². The third kappa shape index (κ3) is 4.04. The summed E-state index contributed by atoms with van der Waals surface area (Å²) >= 11 is 0. The topological polar surface area (TPSA) is 73.8 Å². The lowest BCUT2D eigenvalue weighted by Crippen LogP contribution is -2.45. The maximum Gasteiger partial charge on any atom is 0.363 e. The first-order valence-electron chi connectivity index (χ1n) is 10.5. The molecule has 0 saturated carbocycles. The molecular weight excluding hydrogens is 437 g/mol. The van der Waals surface area contributed by atoms with Crippen molar-refractivity contribution in [3.63, 3.8) is 0 Å². The second-order valence-electron chi connectivity index (χ2n) is 8.08. The Morgan fingerprint density at radius 3 is 2.48 bits per heavy atom. The third-order valence-corrected chi connectivity index (χ3v) is 6.63. The van der Waals surface area contributed by atoms with Crippen molar-refractivity contribution in [1.29, 1.82) is 0 Å². The van der Waals surface area contributed by atoms with Crippen LogP contribution in [-0.2, 0) is 31.5 Å². The smallest absolute Gasteiger partial charge is 0.334 e. The van der Waals surface area contributed by atoms with Gasteiger partial charge >= 0.3 is 5.69 Å². The van der Waals surface area contributed by atoms with E-state index < -0.39 is 0 Å². The molecule has 1 saturated heterocycles. The van der Waals surface area contributed by atoms with Gasteiger partial charge in [0.1, 0.15) is 5.82 Å². The molecule has 0 unspecified atom stereocenters. The number of halogens is 2. The van der Waals surface area contributed by atoms with Crippen LogP contribution in [0.2, 0.25) is 0 Å². The van der Waals surface area contributed by atoms with Gasteiger partial charge in [0.2, 0.25) is 0 Å². The molecule has 2 aromatic heterocycles. The molecule has 1 fully saturated rings. The van der Waals surface area contributed by atoms with Crippen molar-refractivity contribution >= 4 is 24.8 Å². The number of likely N-dealkylation sites (tertiary alicyclic amines) is 1. The lowest BCUT2D eigenvalue weighted by molar-refractivity contribution is 0.165. The van der Waals surface area contributed by atoms with Crippen molar-refractivity contribution in [2.24, 2.45) is 0 Å². The summed E-state index contributed by atoms with van der Waals surface area (Å²) in [5.74, 6) is 1.21. The largest absolute Gasteiger partial charge is 0.363 e. The maximum absolute atomic E-state index is 12.2. The Bertz CT molecular complexity index is 1070. The van der Waals surface area contributed by atoms with E-state index in [-0.39, 0.29) is 35.9 Å². The number of fused-ring (bicyclic) bond motifs is 4. The highest BCUT2D eigenvalue weighted by Gasteiger charge is 2.43. The van der Waals surface area contributed by atoms with Crippen LogP contribution in [0.4, 0.5) is 0 Å². The number of benzene rings is 1. The molecule has 31 heavy (non-hydrogen) atoms. The first kappa shape index (κ1) is 23.5. The van der Waals surface area contributed by atoms with Crippen molar-refractivity contribution in [1.82, 2.24) is 34.2 Å². The molecule has 1 spiro atoms. The third-order valence-electron chi connectivity index (χ3n) is 6.63. The number of aromatic nitrogens is 6. The van der Waals surface area contributed by atoms with E-state index in [9.17, 15) is 4.79 Å². The molecule has 2 aliphatic heterocycles. The molecule has 0 aliphatic carbocycles. The molecule has 0 radical (unpaired) electrons. The van der Waals surface area contributed by atoms with E-state index in [1.807, 2.05) is 13.1 Å². The molecule has 0 N–H and O–H groups in total. The zero-order chi connectivity index (χ0) is 19.8. The highest BCUT2D eigenvalue weighted by molar-refractivity contribution is 5.85. The molecule has 0 bridgehead atoms. The van der Waals surface area contributed by atoms with Gasteiger partial charge in [-0.25, -0.2) is 9.78 Å². The second-order valence-corrected chi connectivity index (χ2v) is 8.08. The Kier molecular flexibility index (Phi) is 7.24. The van der Waals surface area contributed by atoms with Crippen LogP contribution in [0.15, 0.2) is 41.5 Å². The molecule has 4 heterocycles. The number of rotatable bonds is 4. The van der Waals surface area contributed by atoms with E-state index in [4.69, 9.17) is 4.98 Å². The number of nitrogens with zero attached hydrogens (tertiary/aromatic N) is 7. The monoisotopic (exact) mass is 465 g/mol. The summed E-state index contributed by atoms with van der Waals surface area (Å²) in [6.45, 7) is 6.81. The van der Waals surface area contributed by atoms with Crippen molar-refractivity contribution < 1.29 is 0 Å². The summed E-state index contributed by atoms with van der Waals surface area (Å²) in [4.78, 5) is 19.4. The van der Waals surface area contributed by atoms with E-state index in [0.717, 1.165) is 45.4 Å². The molecule has 1 aromatic carbocycles. The highest BCUT2D eigenvalue weighted by atomic mass is 35.5. The van der Waals surface area contributed by atoms with Gasteiger partial charge in [-0.15, -0.1) is 24.8 Å². The van der Waals surface area contributed by atoms with E-state index >= 15 is 0 Å². The lowest BCUT2D eigenvalue weighted by Gasteiger charge is -2.42. The molecule has 3 aromatic rings. The SMILES string of the molecule is CCn1nnn(CCN2CCC3(CC2)c2ccccc2CCn2ccnc23)c1=O.Cl.Cl. The zero-order valence-corrected chi connectivity index (χ0v) is 19.3. The maximum atomic E-state index is 12.2. The molecule has 8 nitrogen and oxygen atoms in total. The van der Waals surface area contributed by atoms with Crippen LogP contribution in [-0.4, -0.2) is 53.9 Å². The van der Waals surface area contributed by atoms with Crippen molar-refractivity contribution in [2.75, 3.05) is 19.6 Å². The van der Waals surface area contributed by atoms with Crippen LogP contribution in [0, 0.1) is 0 Å². The molecule has 168 valence electrons. The van der Waals surface area contributed by atoms with Gasteiger partial charge in [-0.3, -0.25) is 0 Å². The second kappa shape index (κ2) is 9.54. The normalized spacial score (nSPS) is 17.2. The first-order chi connectivity index (χ1) is 14.2. The summed E-state index contributed by atoms with van der Waals surface area (Å²) in [6.07, 6.45) is 7.20. The fraction of sp³-hybridized carbons (Fsp3) is 0.524. The Morgan fingerprint density at radius 2 is 1.74 bits per heavy atom. The number of hydrogen-bond acceptors (Lipinski definition) is 5. The number of aryl methyl sites for hydroxylation is 3. The summed E-state index contributed by atoms with van der Waals surface area (Å²) in [5.41, 5.74) is 2.76. The van der Waals surface area contributed by atoms with Crippen LogP contribution < -0.4 is 5.69 Å². The molecular formula is C21H29Cl2N7O. The molecule has 10 heteroatoms. The number of hydrogen-bond donors (Lipinski definition) is 0. The quantitative estimate of drug-likeness (QED) is 0.589. The number of imidazole rings is 1. The van der Waals surface area contributed by atoms with Crippen molar-refractivity contribution in [2.45, 2.75) is 51.2 Å². The van der Waals surface area contributed by atoms with Crippen LogP contribution in [0.1, 0.15) is 36.7 Å². The molecule has 5 rings (SSSR count). The van der Waals surface area contributed by atoms with Crippen molar-refractivity contribution in [3.8, 4) is 0 Å². The van der Waals surface area contributed by atoms with Gasteiger partial charge in [0.25, 0.3) is 0 Å². The van der Waals surface area contributed by atoms with E-state index in [2.05, 4.69) is 50.4 Å². The van der Waals surface area contributed by atoms with Crippen LogP contribution in [0.5, 0.6) is 0 Å². The summed E-state index contributed by atoms with van der Waals surface area (Å²) in [5, 5.41) is 7.90. The molecule has 0 atom stereocenters. The zero-order valence-electron chi connectivity index (χ0n) is 17.7. The summed E-state index contributed by atoms with van der Waals surface area (Å²) < 4.78 is 5.22. The van der Waals surface area contributed by atoms with Crippen LogP contribution >= 0.6 is 24.8 Å². The first-order valence-corrected chi connectivity index (χ1v) is 10.5. The summed E-state index contributed by atoms with van der Waals surface area (Å²) in [7, 11) is 0. The number of piperidine rings is 1. The van der Waals surface area contributed by atoms with Crippen LogP contribution in [0.25, 0.3) is 0 Å². The Hall–Kier alpha value is -2.16. The Balaban J connectivity index is 0.00000136. The van der Waals surface area contributed by atoms with Crippen LogP contribution in [0.3, 0.4) is 0 Å². The lowest BCUT2D eigenvalue weighted by atomic mass is 9.70.